The summed E-state index contributed by atoms with van der Waals surface area (Å²) in [6.07, 6.45) is 7.09. The third kappa shape index (κ3) is 3.71. The second-order valence-corrected chi connectivity index (χ2v) is 7.20. The highest BCUT2D eigenvalue weighted by atomic mass is 15.2. The van der Waals surface area contributed by atoms with Crippen LogP contribution in [-0.2, 0) is 0 Å². The second-order valence-electron chi connectivity index (χ2n) is 7.20. The first-order chi connectivity index (χ1) is 9.31. The Morgan fingerprint density at radius 2 is 1.95 bits per heavy atom. The Bertz CT molecular complexity index is 267. The van der Waals surface area contributed by atoms with E-state index >= 15 is 0 Å². The Hall–Kier alpha value is -0.120. The fraction of sp³-hybridized carbons (Fsp3) is 1.00. The van der Waals surface area contributed by atoms with Gasteiger partial charge < -0.3 is 15.5 Å². The number of nitrogens with one attached hydrogen (secondary N) is 2. The first-order valence-corrected chi connectivity index (χ1v) is 8.47. The lowest BCUT2D eigenvalue weighted by Crippen LogP contribution is -2.48. The first-order valence-electron chi connectivity index (χ1n) is 8.47. The molecule has 19 heavy (non-hydrogen) atoms. The van der Waals surface area contributed by atoms with E-state index in [2.05, 4.69) is 22.5 Å². The molecule has 2 unspecified atom stereocenters. The zero-order chi connectivity index (χ0) is 13.1. The lowest BCUT2D eigenvalue weighted by atomic mass is 9.80. The van der Waals surface area contributed by atoms with Crippen molar-refractivity contribution in [1.82, 2.24) is 15.5 Å². The van der Waals surface area contributed by atoms with Crippen LogP contribution in [0.3, 0.4) is 0 Å². The standard InChI is InChI=1S/C16H31N3/c1-13-6-8-19(11-13)12-16-5-4-15(10-18-16)14-3-2-7-17-9-14/h13-18H,2-12H2,1H3/t13-,14-,15?,16?/m1/s1. The van der Waals surface area contributed by atoms with Crippen molar-refractivity contribution in [3.05, 3.63) is 0 Å². The van der Waals surface area contributed by atoms with Crippen LogP contribution < -0.4 is 10.6 Å². The normalized spacial score (nSPS) is 41.5. The molecule has 0 aliphatic carbocycles. The van der Waals surface area contributed by atoms with Crippen LogP contribution in [0.2, 0.25) is 0 Å². The Kier molecular flexibility index (Phi) is 4.78. The highest BCUT2D eigenvalue weighted by Crippen LogP contribution is 2.27. The van der Waals surface area contributed by atoms with Crippen molar-refractivity contribution in [2.45, 2.75) is 45.1 Å². The third-order valence-corrected chi connectivity index (χ3v) is 5.54. The molecule has 0 saturated carbocycles. The van der Waals surface area contributed by atoms with Crippen molar-refractivity contribution in [3.63, 3.8) is 0 Å². The molecule has 3 heteroatoms. The summed E-state index contributed by atoms with van der Waals surface area (Å²) >= 11 is 0. The van der Waals surface area contributed by atoms with Gasteiger partial charge in [-0.3, -0.25) is 0 Å². The van der Waals surface area contributed by atoms with Crippen molar-refractivity contribution >= 4 is 0 Å². The molecule has 0 aromatic rings. The molecule has 3 rings (SSSR count). The van der Waals surface area contributed by atoms with E-state index in [4.69, 9.17) is 0 Å². The molecule has 110 valence electrons. The quantitative estimate of drug-likeness (QED) is 0.813. The zero-order valence-corrected chi connectivity index (χ0v) is 12.5. The number of piperidine rings is 2. The molecule has 0 bridgehead atoms. The van der Waals surface area contributed by atoms with E-state index in [9.17, 15) is 0 Å². The lowest BCUT2D eigenvalue weighted by molar-refractivity contribution is 0.175. The van der Waals surface area contributed by atoms with E-state index in [1.165, 1.54) is 71.4 Å². The van der Waals surface area contributed by atoms with E-state index in [1.54, 1.807) is 0 Å². The lowest BCUT2D eigenvalue weighted by Gasteiger charge is -2.37. The summed E-state index contributed by atoms with van der Waals surface area (Å²) in [6.45, 7) is 10.1. The highest BCUT2D eigenvalue weighted by molar-refractivity contribution is 4.87. The Labute approximate surface area is 118 Å². The summed E-state index contributed by atoms with van der Waals surface area (Å²) < 4.78 is 0. The smallest absolute Gasteiger partial charge is 0.0195 e. The van der Waals surface area contributed by atoms with Crippen LogP contribution in [0.4, 0.5) is 0 Å². The third-order valence-electron chi connectivity index (χ3n) is 5.54. The molecule has 0 spiro atoms. The van der Waals surface area contributed by atoms with Crippen LogP contribution >= 0.6 is 0 Å². The number of nitrogens with zero attached hydrogens (tertiary/aromatic N) is 1. The van der Waals surface area contributed by atoms with Gasteiger partial charge in [0.1, 0.15) is 0 Å². The van der Waals surface area contributed by atoms with E-state index in [0.717, 1.165) is 23.8 Å². The van der Waals surface area contributed by atoms with E-state index in [-0.39, 0.29) is 0 Å². The molecule has 0 radical (unpaired) electrons. The maximum atomic E-state index is 3.84. The summed E-state index contributed by atoms with van der Waals surface area (Å²) in [5.41, 5.74) is 0. The summed E-state index contributed by atoms with van der Waals surface area (Å²) in [5, 5.41) is 7.41. The maximum Gasteiger partial charge on any atom is 0.0195 e. The molecule has 3 fully saturated rings. The predicted octanol–water partition coefficient (Wildman–Crippen LogP) is 1.70. The molecular formula is C16H31N3. The monoisotopic (exact) mass is 265 g/mol. The molecular weight excluding hydrogens is 234 g/mol. The number of rotatable bonds is 3. The fourth-order valence-electron chi connectivity index (χ4n) is 4.28. The van der Waals surface area contributed by atoms with Crippen LogP contribution in [0.15, 0.2) is 0 Å². The molecule has 0 aromatic carbocycles. The molecule has 3 nitrogen and oxygen atoms in total. The van der Waals surface area contributed by atoms with Gasteiger partial charge in [-0.05, 0) is 76.0 Å². The maximum absolute atomic E-state index is 3.84. The summed E-state index contributed by atoms with van der Waals surface area (Å²) in [6, 6.07) is 0.762. The van der Waals surface area contributed by atoms with Gasteiger partial charge in [-0.15, -0.1) is 0 Å². The van der Waals surface area contributed by atoms with Gasteiger partial charge in [-0.25, -0.2) is 0 Å². The van der Waals surface area contributed by atoms with Gasteiger partial charge in [0.25, 0.3) is 0 Å². The van der Waals surface area contributed by atoms with E-state index in [1.807, 2.05) is 0 Å². The largest absolute Gasteiger partial charge is 0.316 e. The van der Waals surface area contributed by atoms with Crippen LogP contribution in [0.5, 0.6) is 0 Å². The minimum atomic E-state index is 0.762. The topological polar surface area (TPSA) is 27.3 Å². The van der Waals surface area contributed by atoms with Crippen LogP contribution in [0, 0.1) is 17.8 Å². The average Bonchev–Trinajstić information content (AvgIpc) is 2.86. The second kappa shape index (κ2) is 6.55. The Morgan fingerprint density at radius 3 is 2.58 bits per heavy atom. The van der Waals surface area contributed by atoms with Crippen molar-refractivity contribution in [1.29, 1.82) is 0 Å². The van der Waals surface area contributed by atoms with Gasteiger partial charge >= 0.3 is 0 Å². The predicted molar refractivity (Wildman–Crippen MR) is 80.3 cm³/mol. The molecule has 4 atom stereocenters. The molecule has 3 aliphatic rings. The van der Waals surface area contributed by atoms with E-state index in [0.29, 0.717) is 0 Å². The molecule has 0 amide bonds. The van der Waals surface area contributed by atoms with Gasteiger partial charge in [-0.2, -0.15) is 0 Å². The Morgan fingerprint density at radius 1 is 1.05 bits per heavy atom. The molecule has 2 N–H and O–H groups in total. The van der Waals surface area contributed by atoms with Crippen LogP contribution in [0.1, 0.15) is 39.0 Å². The fourth-order valence-corrected chi connectivity index (χ4v) is 4.28. The molecule has 3 heterocycles. The van der Waals surface area contributed by atoms with Crippen molar-refractivity contribution in [2.75, 3.05) is 39.3 Å². The van der Waals surface area contributed by atoms with Crippen molar-refractivity contribution in [3.8, 4) is 0 Å². The van der Waals surface area contributed by atoms with Crippen molar-refractivity contribution < 1.29 is 0 Å². The number of likely N-dealkylation sites (tertiary alicyclic amines) is 1. The number of hydrogen-bond donors (Lipinski definition) is 2. The van der Waals surface area contributed by atoms with Gasteiger partial charge in [0.05, 0.1) is 0 Å². The van der Waals surface area contributed by atoms with Crippen molar-refractivity contribution in [2.24, 2.45) is 17.8 Å². The summed E-state index contributed by atoms with van der Waals surface area (Å²) in [5.74, 6) is 2.79. The summed E-state index contributed by atoms with van der Waals surface area (Å²) in [4.78, 5) is 2.67. The Balaban J connectivity index is 1.39. The molecule has 0 aromatic heterocycles. The van der Waals surface area contributed by atoms with Crippen LogP contribution in [-0.4, -0.2) is 50.2 Å². The first kappa shape index (κ1) is 13.8. The number of hydrogen-bond acceptors (Lipinski definition) is 3. The van der Waals surface area contributed by atoms with E-state index < -0.39 is 0 Å². The van der Waals surface area contributed by atoms with Crippen LogP contribution in [0.25, 0.3) is 0 Å². The molecule has 3 saturated heterocycles. The SMILES string of the molecule is C[C@@H]1CCN(CC2CCC([C@@H]3CCCNC3)CN2)C1. The van der Waals surface area contributed by atoms with Gasteiger partial charge in [0, 0.05) is 19.1 Å². The molecule has 3 aliphatic heterocycles. The highest BCUT2D eigenvalue weighted by Gasteiger charge is 2.29. The van der Waals surface area contributed by atoms with Gasteiger partial charge in [0.15, 0.2) is 0 Å². The average molecular weight is 265 g/mol. The minimum absolute atomic E-state index is 0.762. The summed E-state index contributed by atoms with van der Waals surface area (Å²) in [7, 11) is 0. The zero-order valence-electron chi connectivity index (χ0n) is 12.5. The minimum Gasteiger partial charge on any atom is -0.316 e. The van der Waals surface area contributed by atoms with Gasteiger partial charge in [-0.1, -0.05) is 6.92 Å². The van der Waals surface area contributed by atoms with Gasteiger partial charge in [0.2, 0.25) is 0 Å².